The molecule has 0 saturated carbocycles. The molecule has 2 aromatic carbocycles. The Labute approximate surface area is 157 Å². The number of rotatable bonds is 8. The number of nitrogens with one attached hydrogen (secondary N) is 1. The lowest BCUT2D eigenvalue weighted by atomic mass is 10.1. The molecule has 0 radical (unpaired) electrons. The van der Waals surface area contributed by atoms with Crippen LogP contribution >= 0.6 is 11.6 Å². The van der Waals surface area contributed by atoms with Crippen molar-refractivity contribution in [2.24, 2.45) is 0 Å². The lowest BCUT2D eigenvalue weighted by molar-refractivity contribution is 0.269. The molecular formula is C19H21ClN4O2. The summed E-state index contributed by atoms with van der Waals surface area (Å²) < 4.78 is 13.4. The van der Waals surface area contributed by atoms with E-state index in [4.69, 9.17) is 21.1 Å². The van der Waals surface area contributed by atoms with Crippen LogP contribution in [0.5, 0.6) is 11.5 Å². The van der Waals surface area contributed by atoms with E-state index in [-0.39, 0.29) is 0 Å². The first-order chi connectivity index (χ1) is 12.7. The molecule has 0 fully saturated rings. The summed E-state index contributed by atoms with van der Waals surface area (Å²) in [5.74, 6) is 1.19. The predicted octanol–water partition coefficient (Wildman–Crippen LogP) is 3.96. The van der Waals surface area contributed by atoms with Crippen LogP contribution in [0.25, 0.3) is 0 Å². The van der Waals surface area contributed by atoms with Crippen molar-refractivity contribution in [3.63, 3.8) is 0 Å². The van der Waals surface area contributed by atoms with Crippen LogP contribution in [0.3, 0.4) is 0 Å². The fraction of sp³-hybridized carbons (Fsp3) is 0.263. The predicted molar refractivity (Wildman–Crippen MR) is 101 cm³/mol. The first kappa shape index (κ1) is 18.1. The molecule has 1 heterocycles. The van der Waals surface area contributed by atoms with Crippen LogP contribution in [0.2, 0.25) is 5.02 Å². The normalized spacial score (nSPS) is 10.6. The highest BCUT2D eigenvalue weighted by Gasteiger charge is 2.13. The van der Waals surface area contributed by atoms with E-state index in [1.807, 2.05) is 31.2 Å². The van der Waals surface area contributed by atoms with Crippen molar-refractivity contribution in [2.45, 2.75) is 27.0 Å². The van der Waals surface area contributed by atoms with Gasteiger partial charge in [0.05, 0.1) is 18.2 Å². The van der Waals surface area contributed by atoms with Gasteiger partial charge in [0.25, 0.3) is 0 Å². The molecule has 0 saturated heterocycles. The molecule has 0 aliphatic heterocycles. The van der Waals surface area contributed by atoms with E-state index in [0.29, 0.717) is 36.3 Å². The van der Waals surface area contributed by atoms with Gasteiger partial charge in [-0.2, -0.15) is 0 Å². The third kappa shape index (κ3) is 4.67. The van der Waals surface area contributed by atoms with Crippen LogP contribution in [-0.2, 0) is 13.2 Å². The summed E-state index contributed by atoms with van der Waals surface area (Å²) in [5, 5.41) is 8.02. The van der Waals surface area contributed by atoms with Gasteiger partial charge in [-0.25, -0.2) is 4.68 Å². The monoisotopic (exact) mass is 372 g/mol. The number of ether oxygens (including phenoxy) is 2. The molecule has 1 N–H and O–H groups in total. The molecule has 0 aliphatic rings. The van der Waals surface area contributed by atoms with Gasteiger partial charge in [0, 0.05) is 0 Å². The molecule has 0 spiro atoms. The molecule has 7 heteroatoms. The van der Waals surface area contributed by atoms with Gasteiger partial charge in [0.15, 0.2) is 11.5 Å². The minimum Gasteiger partial charge on any atom is -0.490 e. The van der Waals surface area contributed by atoms with Gasteiger partial charge in [0.2, 0.25) is 0 Å². The van der Waals surface area contributed by atoms with Gasteiger partial charge in [-0.15, -0.1) is 10.2 Å². The Hall–Kier alpha value is -2.73. The number of hydrogen-bond acceptors (Lipinski definition) is 5. The number of aromatic nitrogens is 3. The summed E-state index contributed by atoms with van der Waals surface area (Å²) in [7, 11) is 0. The summed E-state index contributed by atoms with van der Waals surface area (Å²) >= 11 is 6.46. The van der Waals surface area contributed by atoms with E-state index in [1.165, 1.54) is 5.56 Å². The summed E-state index contributed by atoms with van der Waals surface area (Å²) in [6, 6.07) is 12.0. The zero-order valence-electron chi connectivity index (χ0n) is 14.8. The van der Waals surface area contributed by atoms with Crippen LogP contribution < -0.4 is 14.9 Å². The molecule has 0 amide bonds. The third-order valence-corrected chi connectivity index (χ3v) is 4.04. The van der Waals surface area contributed by atoms with E-state index in [9.17, 15) is 0 Å². The van der Waals surface area contributed by atoms with Crippen LogP contribution in [0.1, 0.15) is 23.6 Å². The Morgan fingerprint density at radius 2 is 1.77 bits per heavy atom. The van der Waals surface area contributed by atoms with Crippen molar-refractivity contribution in [3.8, 4) is 11.5 Å². The SMILES string of the molecule is CCOc1cc(CNn2cnnc2)cc(Cl)c1OCc1ccc(C)cc1. The zero-order chi connectivity index (χ0) is 18.4. The van der Waals surface area contributed by atoms with Gasteiger partial charge in [-0.3, -0.25) is 0 Å². The van der Waals surface area contributed by atoms with Gasteiger partial charge >= 0.3 is 0 Å². The van der Waals surface area contributed by atoms with E-state index >= 15 is 0 Å². The van der Waals surface area contributed by atoms with Crippen molar-refractivity contribution in [3.05, 3.63) is 70.8 Å². The highest BCUT2D eigenvalue weighted by Crippen LogP contribution is 2.37. The smallest absolute Gasteiger partial charge is 0.180 e. The Kier molecular flexibility index (Phi) is 5.96. The Morgan fingerprint density at radius 3 is 2.46 bits per heavy atom. The Balaban J connectivity index is 1.74. The minimum atomic E-state index is 0.429. The van der Waals surface area contributed by atoms with Crippen molar-refractivity contribution in [2.75, 3.05) is 12.0 Å². The maximum atomic E-state index is 6.46. The lowest BCUT2D eigenvalue weighted by Crippen LogP contribution is -2.12. The van der Waals surface area contributed by atoms with Crippen LogP contribution in [0.15, 0.2) is 49.1 Å². The number of aryl methyl sites for hydroxylation is 1. The highest BCUT2D eigenvalue weighted by molar-refractivity contribution is 6.32. The number of benzene rings is 2. The van der Waals surface area contributed by atoms with Crippen molar-refractivity contribution in [1.82, 2.24) is 14.9 Å². The average molecular weight is 373 g/mol. The van der Waals surface area contributed by atoms with Crippen LogP contribution in [0, 0.1) is 6.92 Å². The van der Waals surface area contributed by atoms with E-state index in [1.54, 1.807) is 17.3 Å². The highest BCUT2D eigenvalue weighted by atomic mass is 35.5. The molecule has 26 heavy (non-hydrogen) atoms. The van der Waals surface area contributed by atoms with Crippen LogP contribution in [-0.4, -0.2) is 21.5 Å². The molecule has 0 aliphatic carbocycles. The molecule has 0 bridgehead atoms. The molecule has 0 unspecified atom stereocenters. The topological polar surface area (TPSA) is 61.2 Å². The van der Waals surface area contributed by atoms with Gasteiger partial charge in [-0.1, -0.05) is 41.4 Å². The van der Waals surface area contributed by atoms with E-state index in [0.717, 1.165) is 11.1 Å². The number of hydrogen-bond donors (Lipinski definition) is 1. The van der Waals surface area contributed by atoms with Crippen molar-refractivity contribution in [1.29, 1.82) is 0 Å². The Morgan fingerprint density at radius 1 is 1.04 bits per heavy atom. The molecule has 6 nitrogen and oxygen atoms in total. The van der Waals surface area contributed by atoms with Gasteiger partial charge in [0.1, 0.15) is 19.3 Å². The zero-order valence-corrected chi connectivity index (χ0v) is 15.5. The van der Waals surface area contributed by atoms with Gasteiger partial charge < -0.3 is 14.9 Å². The number of nitrogens with zero attached hydrogens (tertiary/aromatic N) is 3. The van der Waals surface area contributed by atoms with Crippen LogP contribution in [0.4, 0.5) is 0 Å². The molecule has 1 aromatic heterocycles. The average Bonchev–Trinajstić information content (AvgIpc) is 3.14. The fourth-order valence-electron chi connectivity index (χ4n) is 2.43. The summed E-state index contributed by atoms with van der Waals surface area (Å²) in [6.45, 7) is 5.50. The molecule has 3 rings (SSSR count). The summed E-state index contributed by atoms with van der Waals surface area (Å²) in [5.41, 5.74) is 6.42. The molecule has 136 valence electrons. The summed E-state index contributed by atoms with van der Waals surface area (Å²) in [4.78, 5) is 0. The maximum Gasteiger partial charge on any atom is 0.180 e. The second kappa shape index (κ2) is 8.58. The van der Waals surface area contributed by atoms with Crippen molar-refractivity contribution < 1.29 is 9.47 Å². The second-order valence-electron chi connectivity index (χ2n) is 5.82. The largest absolute Gasteiger partial charge is 0.490 e. The maximum absolute atomic E-state index is 6.46. The first-order valence-corrected chi connectivity index (χ1v) is 8.75. The fourth-order valence-corrected chi connectivity index (χ4v) is 2.72. The molecule has 3 aromatic rings. The third-order valence-electron chi connectivity index (χ3n) is 3.76. The van der Waals surface area contributed by atoms with E-state index < -0.39 is 0 Å². The number of halogens is 1. The van der Waals surface area contributed by atoms with E-state index in [2.05, 4.69) is 34.7 Å². The lowest BCUT2D eigenvalue weighted by Gasteiger charge is -2.16. The summed E-state index contributed by atoms with van der Waals surface area (Å²) in [6.07, 6.45) is 3.17. The standard InChI is InChI=1S/C19H21ClN4O2/c1-3-25-18-9-16(10-23-24-12-21-22-13-24)8-17(20)19(18)26-11-15-6-4-14(2)5-7-15/h4-9,12-13,23H,3,10-11H2,1-2H3. The second-order valence-corrected chi connectivity index (χ2v) is 6.22. The first-order valence-electron chi connectivity index (χ1n) is 8.37. The van der Waals surface area contributed by atoms with Gasteiger partial charge in [-0.05, 0) is 37.1 Å². The minimum absolute atomic E-state index is 0.429. The van der Waals surface area contributed by atoms with Crippen molar-refractivity contribution >= 4 is 11.6 Å². The quantitative estimate of drug-likeness (QED) is 0.648. The Bertz CT molecular complexity index is 836. The molecular weight excluding hydrogens is 352 g/mol. The molecule has 0 atom stereocenters.